The van der Waals surface area contributed by atoms with E-state index in [1.54, 1.807) is 0 Å². The highest BCUT2D eigenvalue weighted by Crippen LogP contribution is 2.88. The normalized spacial score (nSPS) is 67.0. The Morgan fingerprint density at radius 3 is 2.40 bits per heavy atom. The highest BCUT2D eigenvalue weighted by atomic mass is 79.9. The first-order valence-corrected chi connectivity index (χ1v) is 8.67. The van der Waals surface area contributed by atoms with Crippen LogP contribution in [0.15, 0.2) is 30.3 Å². The van der Waals surface area contributed by atoms with Gasteiger partial charge in [0, 0.05) is 16.7 Å². The molecule has 6 aliphatic carbocycles. The van der Waals surface area contributed by atoms with E-state index in [1.165, 1.54) is 6.42 Å². The quantitative estimate of drug-likeness (QED) is 0.773. The Kier molecular flexibility index (Phi) is 1.63. The van der Waals surface area contributed by atoms with E-state index in [0.29, 0.717) is 29.6 Å². The van der Waals surface area contributed by atoms with Gasteiger partial charge in [-0.15, -0.1) is 0 Å². The van der Waals surface area contributed by atoms with Gasteiger partial charge in [0.2, 0.25) is 0 Å². The van der Waals surface area contributed by atoms with Gasteiger partial charge in [-0.1, -0.05) is 46.3 Å². The third-order valence-electron chi connectivity index (χ3n) is 7.70. The summed E-state index contributed by atoms with van der Waals surface area (Å²) in [5, 5.41) is 23.0. The van der Waals surface area contributed by atoms with Gasteiger partial charge in [0.15, 0.2) is 0 Å². The van der Waals surface area contributed by atoms with Crippen LogP contribution in [-0.2, 0) is 5.60 Å². The average molecular weight is 333 g/mol. The highest BCUT2D eigenvalue weighted by molar-refractivity contribution is 9.09. The van der Waals surface area contributed by atoms with Crippen molar-refractivity contribution >= 4 is 15.9 Å². The molecule has 0 unspecified atom stereocenters. The Labute approximate surface area is 126 Å². The molecule has 0 saturated heterocycles. The fourth-order valence-corrected chi connectivity index (χ4v) is 9.06. The molecule has 0 aromatic heterocycles. The molecule has 10 atom stereocenters. The number of halogens is 1. The smallest absolute Gasteiger partial charge is 0.0989 e. The molecule has 0 radical (unpaired) electrons. The molecule has 7 rings (SSSR count). The van der Waals surface area contributed by atoms with Gasteiger partial charge in [-0.2, -0.15) is 0 Å². The van der Waals surface area contributed by atoms with Crippen LogP contribution >= 0.6 is 15.9 Å². The zero-order chi connectivity index (χ0) is 13.4. The summed E-state index contributed by atoms with van der Waals surface area (Å²) < 4.78 is 0. The van der Waals surface area contributed by atoms with Crippen LogP contribution in [-0.4, -0.2) is 20.6 Å². The van der Waals surface area contributed by atoms with E-state index in [4.69, 9.17) is 0 Å². The summed E-state index contributed by atoms with van der Waals surface area (Å²) >= 11 is 3.81. The summed E-state index contributed by atoms with van der Waals surface area (Å²) in [6.45, 7) is 0. The molecule has 2 nitrogen and oxygen atoms in total. The van der Waals surface area contributed by atoms with Gasteiger partial charge in [0.05, 0.1) is 11.2 Å². The molecule has 2 N–H and O–H groups in total. The Balaban J connectivity index is 1.65. The van der Waals surface area contributed by atoms with Gasteiger partial charge in [0.25, 0.3) is 0 Å². The van der Waals surface area contributed by atoms with Crippen molar-refractivity contribution < 1.29 is 10.2 Å². The lowest BCUT2D eigenvalue weighted by Crippen LogP contribution is -2.47. The largest absolute Gasteiger partial charge is 0.388 e. The molecule has 0 aliphatic heterocycles. The Morgan fingerprint density at radius 1 is 1.00 bits per heavy atom. The van der Waals surface area contributed by atoms with Crippen LogP contribution in [0, 0.1) is 41.4 Å². The van der Waals surface area contributed by atoms with Gasteiger partial charge in [0.1, 0.15) is 0 Å². The minimum atomic E-state index is -0.790. The lowest BCUT2D eigenvalue weighted by molar-refractivity contribution is -0.0777. The third-order valence-corrected chi connectivity index (χ3v) is 9.05. The fourth-order valence-electron chi connectivity index (χ4n) is 7.73. The molecule has 0 heterocycles. The molecule has 6 bridgehead atoms. The van der Waals surface area contributed by atoms with Crippen LogP contribution in [0.1, 0.15) is 12.0 Å². The molecule has 6 saturated carbocycles. The van der Waals surface area contributed by atoms with Crippen molar-refractivity contribution in [2.45, 2.75) is 22.5 Å². The number of hydrogen-bond acceptors (Lipinski definition) is 2. The van der Waals surface area contributed by atoms with Crippen molar-refractivity contribution in [3.05, 3.63) is 35.9 Å². The first-order chi connectivity index (χ1) is 9.61. The second kappa shape index (κ2) is 2.90. The van der Waals surface area contributed by atoms with Gasteiger partial charge in [-0.05, 0) is 41.6 Å². The van der Waals surface area contributed by atoms with Crippen LogP contribution in [0.25, 0.3) is 0 Å². The second-order valence-corrected chi connectivity index (χ2v) is 8.71. The zero-order valence-electron chi connectivity index (χ0n) is 11.0. The van der Waals surface area contributed by atoms with E-state index in [9.17, 15) is 10.2 Å². The van der Waals surface area contributed by atoms with Gasteiger partial charge in [-0.25, -0.2) is 0 Å². The van der Waals surface area contributed by atoms with E-state index in [2.05, 4.69) is 28.1 Å². The number of benzene rings is 1. The molecule has 1 aromatic carbocycles. The second-order valence-electron chi connectivity index (χ2n) is 7.73. The molecule has 0 spiro atoms. The van der Waals surface area contributed by atoms with Crippen LogP contribution in [0.4, 0.5) is 0 Å². The van der Waals surface area contributed by atoms with E-state index in [1.807, 2.05) is 18.2 Å². The lowest BCUT2D eigenvalue weighted by atomic mass is 9.69. The summed E-state index contributed by atoms with van der Waals surface area (Å²) in [5.41, 5.74) is -0.420. The summed E-state index contributed by atoms with van der Waals surface area (Å²) in [4.78, 5) is 0.202. The summed E-state index contributed by atoms with van der Waals surface area (Å²) in [6.07, 6.45) is 1.24. The van der Waals surface area contributed by atoms with Crippen molar-refractivity contribution in [1.82, 2.24) is 0 Å². The summed E-state index contributed by atoms with van der Waals surface area (Å²) in [6, 6.07) is 10.1. The predicted octanol–water partition coefficient (Wildman–Crippen LogP) is 2.14. The van der Waals surface area contributed by atoms with E-state index in [0.717, 1.165) is 5.56 Å². The molecular formula is C17H17BrO2. The maximum absolute atomic E-state index is 11.6. The maximum atomic E-state index is 11.6. The zero-order valence-corrected chi connectivity index (χ0v) is 12.6. The standard InChI is InChI=1S/C17H17BrO2/c18-15-11-9-6-8-10(11)14-16(19,7-4-2-1-3-5-7)12(8)13(9)17(14,15)20/h1-5,8-15,19-20H,6H2/t8-,9-,10+,11+,12-,13+,14-,15-,16-,17-/m1/s1. The van der Waals surface area contributed by atoms with E-state index < -0.39 is 11.2 Å². The molecule has 20 heavy (non-hydrogen) atoms. The summed E-state index contributed by atoms with van der Waals surface area (Å²) in [7, 11) is 0. The first-order valence-electron chi connectivity index (χ1n) is 7.75. The monoisotopic (exact) mass is 332 g/mol. The van der Waals surface area contributed by atoms with Gasteiger partial charge >= 0.3 is 0 Å². The van der Waals surface area contributed by atoms with Crippen molar-refractivity contribution in [3.63, 3.8) is 0 Å². The molecule has 1 aromatic rings. The van der Waals surface area contributed by atoms with Crippen molar-refractivity contribution in [2.24, 2.45) is 41.4 Å². The molecule has 6 aliphatic rings. The lowest BCUT2D eigenvalue weighted by Gasteiger charge is -2.38. The molecular weight excluding hydrogens is 316 g/mol. The predicted molar refractivity (Wildman–Crippen MR) is 77.1 cm³/mol. The van der Waals surface area contributed by atoms with Gasteiger partial charge in [-0.3, -0.25) is 0 Å². The molecule has 6 fully saturated rings. The number of hydrogen-bond donors (Lipinski definition) is 2. The van der Waals surface area contributed by atoms with E-state index in [-0.39, 0.29) is 16.7 Å². The number of alkyl halides is 1. The van der Waals surface area contributed by atoms with Gasteiger partial charge < -0.3 is 10.2 Å². The van der Waals surface area contributed by atoms with Crippen molar-refractivity contribution in [2.75, 3.05) is 0 Å². The number of aliphatic hydroxyl groups is 2. The fraction of sp³-hybridized carbons (Fsp3) is 0.647. The molecule has 0 amide bonds. The Bertz CT molecular complexity index is 631. The topological polar surface area (TPSA) is 40.5 Å². The SMILES string of the molecule is O[C@]1(c2ccccc2)[C@@H]2[C@@H]3C[C@@H]4[C@H]5[C@H]3[C@H]1[C@](O)([C@@H]42)[C@@H]5Br. The van der Waals surface area contributed by atoms with Crippen LogP contribution in [0.3, 0.4) is 0 Å². The maximum Gasteiger partial charge on any atom is 0.0989 e. The molecule has 3 heteroatoms. The average Bonchev–Trinajstić information content (AvgIpc) is 3.16. The van der Waals surface area contributed by atoms with Crippen molar-refractivity contribution in [1.29, 1.82) is 0 Å². The number of rotatable bonds is 1. The minimum absolute atomic E-state index is 0.0468. The highest BCUT2D eigenvalue weighted by Gasteiger charge is 2.92. The van der Waals surface area contributed by atoms with Crippen LogP contribution < -0.4 is 0 Å². The molecule has 104 valence electrons. The Hall–Kier alpha value is -0.380. The Morgan fingerprint density at radius 2 is 1.70 bits per heavy atom. The van der Waals surface area contributed by atoms with E-state index >= 15 is 0 Å². The van der Waals surface area contributed by atoms with Crippen LogP contribution in [0.2, 0.25) is 0 Å². The first kappa shape index (κ1) is 11.2. The van der Waals surface area contributed by atoms with Crippen LogP contribution in [0.5, 0.6) is 0 Å². The van der Waals surface area contributed by atoms with Crippen molar-refractivity contribution in [3.8, 4) is 0 Å². The third kappa shape index (κ3) is 0.768. The minimum Gasteiger partial charge on any atom is -0.388 e. The summed E-state index contributed by atoms with van der Waals surface area (Å²) in [5.74, 6) is 3.09.